The quantitative estimate of drug-likeness (QED) is 0.403. The summed E-state index contributed by atoms with van der Waals surface area (Å²) in [5, 5.41) is 22.7. The number of rotatable bonds is 7. The van der Waals surface area contributed by atoms with Crippen LogP contribution >= 0.6 is 0 Å². The van der Waals surface area contributed by atoms with Gasteiger partial charge in [0, 0.05) is 37.5 Å². The first kappa shape index (κ1) is 20.6. The fourth-order valence-electron chi connectivity index (χ4n) is 2.84. The lowest BCUT2D eigenvalue weighted by molar-refractivity contribution is -0.384. The molecule has 2 N–H and O–H groups in total. The number of aliphatic hydroxyl groups excluding tert-OH is 1. The van der Waals surface area contributed by atoms with Crippen LogP contribution in [0.3, 0.4) is 0 Å². The van der Waals surface area contributed by atoms with E-state index in [0.29, 0.717) is 13.1 Å². The van der Waals surface area contributed by atoms with Gasteiger partial charge in [-0.25, -0.2) is 4.79 Å². The zero-order valence-corrected chi connectivity index (χ0v) is 15.2. The normalized spacial score (nSPS) is 19.4. The third kappa shape index (κ3) is 5.63. The molecule has 1 heterocycles. The van der Waals surface area contributed by atoms with Gasteiger partial charge in [-0.1, -0.05) is 0 Å². The minimum atomic E-state index is -0.859. The second kappa shape index (κ2) is 9.28. The van der Waals surface area contributed by atoms with E-state index in [0.717, 1.165) is 6.07 Å². The van der Waals surface area contributed by atoms with Gasteiger partial charge in [0.1, 0.15) is 0 Å². The highest BCUT2D eigenvalue weighted by Gasteiger charge is 2.27. The Bertz CT molecular complexity index is 700. The van der Waals surface area contributed by atoms with Crippen LogP contribution < -0.4 is 5.32 Å². The van der Waals surface area contributed by atoms with Crippen LogP contribution in [0.15, 0.2) is 18.2 Å². The number of hydrogen-bond acceptors (Lipinski definition) is 8. The highest BCUT2D eigenvalue weighted by atomic mass is 16.6. The van der Waals surface area contributed by atoms with E-state index in [4.69, 9.17) is 14.6 Å². The smallest absolute Gasteiger partial charge is 0.341 e. The molecule has 1 fully saturated rings. The Morgan fingerprint density at radius 2 is 2.04 bits per heavy atom. The number of anilines is 1. The summed E-state index contributed by atoms with van der Waals surface area (Å²) in [4.78, 5) is 36.6. The first-order valence-electron chi connectivity index (χ1n) is 8.55. The molecule has 1 aliphatic rings. The lowest BCUT2D eigenvalue weighted by atomic mass is 10.1. The van der Waals surface area contributed by atoms with Crippen molar-refractivity contribution in [2.24, 2.45) is 0 Å². The summed E-state index contributed by atoms with van der Waals surface area (Å²) in [6, 6.07) is 3.67. The zero-order chi connectivity index (χ0) is 20.0. The number of morpholine rings is 1. The van der Waals surface area contributed by atoms with E-state index in [9.17, 15) is 19.7 Å². The molecule has 2 rings (SSSR count). The Hall–Kier alpha value is -2.72. The van der Waals surface area contributed by atoms with Crippen molar-refractivity contribution in [3.05, 3.63) is 33.9 Å². The van der Waals surface area contributed by atoms with Crippen molar-refractivity contribution >= 4 is 23.3 Å². The largest absolute Gasteiger partial charge is 0.452 e. The van der Waals surface area contributed by atoms with Crippen LogP contribution in [-0.2, 0) is 14.3 Å². The van der Waals surface area contributed by atoms with Crippen LogP contribution in [0.1, 0.15) is 24.2 Å². The van der Waals surface area contributed by atoms with Gasteiger partial charge in [-0.2, -0.15) is 0 Å². The van der Waals surface area contributed by atoms with Gasteiger partial charge in [0.2, 0.25) is 0 Å². The molecule has 0 aromatic heterocycles. The highest BCUT2D eigenvalue weighted by molar-refractivity contribution is 5.97. The summed E-state index contributed by atoms with van der Waals surface area (Å²) in [6.07, 6.45) is -0.223. The average Bonchev–Trinajstić information content (AvgIpc) is 2.63. The third-order valence-electron chi connectivity index (χ3n) is 3.96. The highest BCUT2D eigenvalue weighted by Crippen LogP contribution is 2.23. The van der Waals surface area contributed by atoms with Gasteiger partial charge in [-0.15, -0.1) is 0 Å². The van der Waals surface area contributed by atoms with Crippen molar-refractivity contribution < 1.29 is 29.1 Å². The van der Waals surface area contributed by atoms with Gasteiger partial charge in [0.05, 0.1) is 29.3 Å². The molecule has 1 amide bonds. The second-order valence-electron chi connectivity index (χ2n) is 6.27. The molecule has 0 aliphatic carbocycles. The lowest BCUT2D eigenvalue weighted by Crippen LogP contribution is -2.49. The molecule has 1 aromatic rings. The summed E-state index contributed by atoms with van der Waals surface area (Å²) in [7, 11) is 0. The third-order valence-corrected chi connectivity index (χ3v) is 3.96. The predicted molar refractivity (Wildman–Crippen MR) is 95.5 cm³/mol. The predicted octanol–water partition coefficient (Wildman–Crippen LogP) is 0.792. The topological polar surface area (TPSA) is 131 Å². The first-order chi connectivity index (χ1) is 12.8. The summed E-state index contributed by atoms with van der Waals surface area (Å²) < 4.78 is 10.6. The number of benzene rings is 1. The molecule has 1 aliphatic heterocycles. The number of nitro benzene ring substituents is 1. The van der Waals surface area contributed by atoms with E-state index < -0.39 is 17.5 Å². The van der Waals surface area contributed by atoms with E-state index in [-0.39, 0.29) is 48.2 Å². The molecular weight excluding hydrogens is 358 g/mol. The van der Waals surface area contributed by atoms with Crippen molar-refractivity contribution in [2.75, 3.05) is 38.2 Å². The number of carbonyl (C=O) groups is 2. The van der Waals surface area contributed by atoms with E-state index in [2.05, 4.69) is 5.32 Å². The maximum absolute atomic E-state index is 12.4. The Balaban J connectivity index is 2.06. The fraction of sp³-hybridized carbons (Fsp3) is 0.529. The van der Waals surface area contributed by atoms with Crippen LogP contribution in [0.2, 0.25) is 0 Å². The number of nitrogens with one attached hydrogen (secondary N) is 1. The molecule has 1 aromatic carbocycles. The van der Waals surface area contributed by atoms with Crippen molar-refractivity contribution in [2.45, 2.75) is 26.1 Å². The summed E-state index contributed by atoms with van der Waals surface area (Å²) in [5.74, 6) is -1.22. The first-order valence-corrected chi connectivity index (χ1v) is 8.55. The van der Waals surface area contributed by atoms with Crippen LogP contribution in [-0.4, -0.2) is 71.9 Å². The Morgan fingerprint density at radius 3 is 2.63 bits per heavy atom. The maximum Gasteiger partial charge on any atom is 0.341 e. The number of hydrogen-bond donors (Lipinski definition) is 2. The maximum atomic E-state index is 12.4. The van der Waals surface area contributed by atoms with Gasteiger partial charge in [-0.05, 0) is 19.9 Å². The van der Waals surface area contributed by atoms with Gasteiger partial charge in [0.25, 0.3) is 11.6 Å². The number of non-ortho nitro benzene ring substituents is 1. The molecular formula is C17H23N3O7. The molecule has 0 bridgehead atoms. The zero-order valence-electron chi connectivity index (χ0n) is 15.2. The molecule has 0 radical (unpaired) electrons. The lowest BCUT2D eigenvalue weighted by Gasteiger charge is -2.35. The number of ether oxygens (including phenoxy) is 2. The molecule has 10 nitrogen and oxygen atoms in total. The Kier molecular flexibility index (Phi) is 7.08. The number of aliphatic hydroxyl groups is 1. The summed E-state index contributed by atoms with van der Waals surface area (Å²) >= 11 is 0. The second-order valence-corrected chi connectivity index (χ2v) is 6.27. The number of carbonyl (C=O) groups excluding carboxylic acids is 2. The summed E-state index contributed by atoms with van der Waals surface area (Å²) in [5.41, 5.74) is -0.0754. The monoisotopic (exact) mass is 381 g/mol. The van der Waals surface area contributed by atoms with E-state index in [1.54, 1.807) is 4.90 Å². The van der Waals surface area contributed by atoms with E-state index in [1.807, 2.05) is 13.8 Å². The minimum absolute atomic E-state index is 0.0748. The number of esters is 1. The molecule has 1 saturated heterocycles. The van der Waals surface area contributed by atoms with Gasteiger partial charge < -0.3 is 24.8 Å². The van der Waals surface area contributed by atoms with Crippen molar-refractivity contribution in [1.82, 2.24) is 4.90 Å². The van der Waals surface area contributed by atoms with Gasteiger partial charge in [-0.3, -0.25) is 14.9 Å². The van der Waals surface area contributed by atoms with E-state index in [1.165, 1.54) is 12.1 Å². The van der Waals surface area contributed by atoms with Gasteiger partial charge in [0.15, 0.2) is 6.61 Å². The van der Waals surface area contributed by atoms with Crippen molar-refractivity contribution in [3.8, 4) is 0 Å². The standard InChI is InChI=1S/C17H23N3O7/c1-11-8-19(9-12(2)27-11)16(22)10-26-17(23)14-7-13(20(24)25)3-4-15(14)18-5-6-21/h3-4,7,11-12,18,21H,5-6,8-10H2,1-2H3/t11-,12-/m1/s1. The number of amides is 1. The van der Waals surface area contributed by atoms with Crippen molar-refractivity contribution in [3.63, 3.8) is 0 Å². The van der Waals surface area contributed by atoms with Crippen LogP contribution in [0.5, 0.6) is 0 Å². The van der Waals surface area contributed by atoms with Crippen molar-refractivity contribution in [1.29, 1.82) is 0 Å². The van der Waals surface area contributed by atoms with Crippen LogP contribution in [0.4, 0.5) is 11.4 Å². The van der Waals surface area contributed by atoms with E-state index >= 15 is 0 Å². The summed E-state index contributed by atoms with van der Waals surface area (Å²) in [6.45, 7) is 4.01. The molecule has 148 valence electrons. The molecule has 0 spiro atoms. The minimum Gasteiger partial charge on any atom is -0.452 e. The van der Waals surface area contributed by atoms with Gasteiger partial charge >= 0.3 is 5.97 Å². The number of nitrogens with zero attached hydrogens (tertiary/aromatic N) is 2. The molecule has 0 unspecified atom stereocenters. The molecule has 10 heteroatoms. The van der Waals surface area contributed by atoms with Crippen LogP contribution in [0.25, 0.3) is 0 Å². The van der Waals surface area contributed by atoms with Crippen LogP contribution in [0, 0.1) is 10.1 Å². The Labute approximate surface area is 156 Å². The molecule has 0 saturated carbocycles. The SMILES string of the molecule is C[C@@H]1CN(C(=O)COC(=O)c2cc([N+](=O)[O-])ccc2NCCO)C[C@@H](C)O1. The fourth-order valence-corrected chi connectivity index (χ4v) is 2.84. The molecule has 27 heavy (non-hydrogen) atoms. The molecule has 2 atom stereocenters. The number of nitro groups is 1. The average molecular weight is 381 g/mol. The Morgan fingerprint density at radius 1 is 1.37 bits per heavy atom.